The first-order valence-corrected chi connectivity index (χ1v) is 11.4. The number of carbonyl (C=O) groups is 1. The van der Waals surface area contributed by atoms with Crippen LogP contribution in [0.25, 0.3) is 6.08 Å². The lowest BCUT2D eigenvalue weighted by Crippen LogP contribution is -2.39. The molecule has 3 aromatic rings. The van der Waals surface area contributed by atoms with Crippen LogP contribution < -0.4 is 19.6 Å². The van der Waals surface area contributed by atoms with E-state index in [9.17, 15) is 14.0 Å². The Bertz CT molecular complexity index is 1490. The average Bonchev–Trinajstić information content (AvgIpc) is 3.12. The van der Waals surface area contributed by atoms with Gasteiger partial charge in [0.2, 0.25) is 0 Å². The number of thiazole rings is 1. The monoisotopic (exact) mass is 476 g/mol. The molecule has 0 unspecified atom stereocenters. The van der Waals surface area contributed by atoms with Gasteiger partial charge in [-0.25, -0.2) is 14.2 Å². The van der Waals surface area contributed by atoms with E-state index in [1.807, 2.05) is 18.2 Å². The van der Waals surface area contributed by atoms with Crippen LogP contribution in [0, 0.1) is 18.2 Å². The van der Waals surface area contributed by atoms with Crippen LogP contribution in [0.15, 0.2) is 69.6 Å². The van der Waals surface area contributed by atoms with Gasteiger partial charge in [0.1, 0.15) is 18.2 Å². The van der Waals surface area contributed by atoms with Crippen molar-refractivity contribution in [3.05, 3.63) is 96.4 Å². The van der Waals surface area contributed by atoms with Crippen molar-refractivity contribution in [2.45, 2.75) is 19.9 Å². The van der Waals surface area contributed by atoms with Crippen LogP contribution in [0.5, 0.6) is 5.75 Å². The number of allylic oxidation sites excluding steroid dienone is 1. The predicted octanol–water partition coefficient (Wildman–Crippen LogP) is 2.95. The number of rotatable bonds is 6. The molecule has 0 saturated heterocycles. The fourth-order valence-electron chi connectivity index (χ4n) is 3.74. The first kappa shape index (κ1) is 23.2. The van der Waals surface area contributed by atoms with Crippen LogP contribution >= 0.6 is 11.3 Å². The second kappa shape index (κ2) is 9.89. The molecule has 6 nitrogen and oxygen atoms in total. The van der Waals surface area contributed by atoms with Gasteiger partial charge in [0, 0.05) is 5.56 Å². The molecular weight excluding hydrogens is 455 g/mol. The minimum absolute atomic E-state index is 0.0960. The Kier molecular flexibility index (Phi) is 6.75. The molecule has 2 aromatic carbocycles. The molecule has 1 aliphatic rings. The van der Waals surface area contributed by atoms with Crippen molar-refractivity contribution in [1.82, 2.24) is 4.57 Å². The maximum absolute atomic E-state index is 13.6. The lowest BCUT2D eigenvalue weighted by molar-refractivity contribution is -0.139. The van der Waals surface area contributed by atoms with Crippen LogP contribution in [0.2, 0.25) is 0 Å². The van der Waals surface area contributed by atoms with Gasteiger partial charge in [-0.2, -0.15) is 0 Å². The zero-order chi connectivity index (χ0) is 24.2. The summed E-state index contributed by atoms with van der Waals surface area (Å²) in [5.74, 6) is 1.99. The Balaban J connectivity index is 1.93. The molecule has 1 aliphatic heterocycles. The van der Waals surface area contributed by atoms with E-state index in [2.05, 4.69) is 10.9 Å². The third kappa shape index (κ3) is 4.43. The number of carbonyl (C=O) groups excluding carboxylic acids is 1. The molecule has 0 radical (unpaired) electrons. The normalized spacial score (nSPS) is 15.4. The van der Waals surface area contributed by atoms with Crippen molar-refractivity contribution in [2.24, 2.45) is 4.99 Å². The van der Waals surface area contributed by atoms with E-state index < -0.39 is 17.8 Å². The molecule has 1 aromatic heterocycles. The van der Waals surface area contributed by atoms with Crippen molar-refractivity contribution < 1.29 is 18.7 Å². The third-order valence-corrected chi connectivity index (χ3v) is 6.20. The average molecular weight is 477 g/mol. The molecule has 0 N–H and O–H groups in total. The molecule has 172 valence electrons. The Hall–Kier alpha value is -3.96. The van der Waals surface area contributed by atoms with E-state index >= 15 is 0 Å². The van der Waals surface area contributed by atoms with Gasteiger partial charge in [0.15, 0.2) is 4.80 Å². The molecule has 0 aliphatic carbocycles. The number of hydrogen-bond acceptors (Lipinski definition) is 6. The van der Waals surface area contributed by atoms with Gasteiger partial charge >= 0.3 is 5.97 Å². The summed E-state index contributed by atoms with van der Waals surface area (Å²) in [6.07, 6.45) is 7.02. The standard InChI is InChI=1S/C26H21FN2O4S/c1-4-14-33-20-9-7-6-8-18(20)15-21-24(30)29-23(17-10-12-19(27)13-11-17)22(25(31)32-5-2)16(3)28-26(29)34-21/h1,6-13,15,23H,5,14H2,2-3H3/b21-15-/t23-/m1/s1. The van der Waals surface area contributed by atoms with Gasteiger partial charge in [-0.05, 0) is 43.7 Å². The van der Waals surface area contributed by atoms with E-state index in [1.54, 1.807) is 38.1 Å². The number of hydrogen-bond donors (Lipinski definition) is 0. The quantitative estimate of drug-likeness (QED) is 0.405. The summed E-state index contributed by atoms with van der Waals surface area (Å²) in [6, 6.07) is 12.1. The number of para-hydroxylation sites is 1. The molecule has 0 bridgehead atoms. The Morgan fingerprint density at radius 3 is 2.71 bits per heavy atom. The summed E-state index contributed by atoms with van der Waals surface area (Å²) >= 11 is 1.19. The maximum atomic E-state index is 13.6. The summed E-state index contributed by atoms with van der Waals surface area (Å²) in [6.45, 7) is 3.67. The number of nitrogens with zero attached hydrogens (tertiary/aromatic N) is 2. The highest BCUT2D eigenvalue weighted by atomic mass is 32.1. The molecule has 0 spiro atoms. The van der Waals surface area contributed by atoms with E-state index in [1.165, 1.54) is 28.0 Å². The third-order valence-electron chi connectivity index (χ3n) is 5.22. The van der Waals surface area contributed by atoms with E-state index in [0.29, 0.717) is 31.9 Å². The number of benzene rings is 2. The van der Waals surface area contributed by atoms with Crippen molar-refractivity contribution in [3.8, 4) is 18.1 Å². The van der Waals surface area contributed by atoms with Crippen LogP contribution in [0.4, 0.5) is 4.39 Å². The molecule has 4 rings (SSSR count). The molecular formula is C26H21FN2O4S. The number of halogens is 1. The number of aromatic nitrogens is 1. The second-order valence-electron chi connectivity index (χ2n) is 7.38. The van der Waals surface area contributed by atoms with Crippen molar-refractivity contribution in [1.29, 1.82) is 0 Å². The minimum Gasteiger partial charge on any atom is -0.480 e. The molecule has 34 heavy (non-hydrogen) atoms. The first-order chi connectivity index (χ1) is 16.4. The summed E-state index contributed by atoms with van der Waals surface area (Å²) in [7, 11) is 0. The van der Waals surface area contributed by atoms with E-state index in [4.69, 9.17) is 15.9 Å². The number of fused-ring (bicyclic) bond motifs is 1. The SMILES string of the molecule is C#CCOc1ccccc1/C=c1\sc2n(c1=O)[C@H](c1ccc(F)cc1)C(C(=O)OCC)=C(C)N=2. The smallest absolute Gasteiger partial charge is 0.338 e. The van der Waals surface area contributed by atoms with E-state index in [-0.39, 0.29) is 24.3 Å². The largest absolute Gasteiger partial charge is 0.480 e. The van der Waals surface area contributed by atoms with E-state index in [0.717, 1.165) is 0 Å². The molecule has 8 heteroatoms. The Labute approximate surface area is 199 Å². The van der Waals surface area contributed by atoms with Gasteiger partial charge in [0.25, 0.3) is 5.56 Å². The van der Waals surface area contributed by atoms with Crippen LogP contribution in [-0.4, -0.2) is 23.8 Å². The van der Waals surface area contributed by atoms with Crippen molar-refractivity contribution >= 4 is 23.4 Å². The lowest BCUT2D eigenvalue weighted by atomic mass is 9.96. The molecule has 0 amide bonds. The molecule has 2 heterocycles. The van der Waals surface area contributed by atoms with Crippen LogP contribution in [-0.2, 0) is 9.53 Å². The Morgan fingerprint density at radius 1 is 1.26 bits per heavy atom. The fourth-order valence-corrected chi connectivity index (χ4v) is 4.78. The highest BCUT2D eigenvalue weighted by molar-refractivity contribution is 7.07. The summed E-state index contributed by atoms with van der Waals surface area (Å²) in [4.78, 5) is 31.4. The van der Waals surface area contributed by atoms with Gasteiger partial charge in [-0.15, -0.1) is 6.42 Å². The van der Waals surface area contributed by atoms with Crippen molar-refractivity contribution in [3.63, 3.8) is 0 Å². The summed E-state index contributed by atoms with van der Waals surface area (Å²) in [5.41, 5.74) is 1.61. The second-order valence-corrected chi connectivity index (χ2v) is 8.39. The molecule has 0 saturated carbocycles. The Morgan fingerprint density at radius 2 is 2.00 bits per heavy atom. The number of esters is 1. The zero-order valence-electron chi connectivity index (χ0n) is 18.6. The van der Waals surface area contributed by atoms with Gasteiger partial charge in [0.05, 0.1) is 28.5 Å². The number of ether oxygens (including phenoxy) is 2. The zero-order valence-corrected chi connectivity index (χ0v) is 19.4. The van der Waals surface area contributed by atoms with Crippen LogP contribution in [0.3, 0.4) is 0 Å². The van der Waals surface area contributed by atoms with Gasteiger partial charge in [-0.3, -0.25) is 9.36 Å². The highest BCUT2D eigenvalue weighted by Crippen LogP contribution is 2.30. The van der Waals surface area contributed by atoms with Crippen molar-refractivity contribution in [2.75, 3.05) is 13.2 Å². The topological polar surface area (TPSA) is 69.9 Å². The number of terminal acetylenes is 1. The van der Waals surface area contributed by atoms with Gasteiger partial charge < -0.3 is 9.47 Å². The maximum Gasteiger partial charge on any atom is 0.338 e. The molecule has 0 fully saturated rings. The predicted molar refractivity (Wildman–Crippen MR) is 128 cm³/mol. The van der Waals surface area contributed by atoms with Gasteiger partial charge in [-0.1, -0.05) is 47.6 Å². The minimum atomic E-state index is -0.800. The summed E-state index contributed by atoms with van der Waals surface area (Å²) < 4.78 is 26.3. The fraction of sp³-hybridized carbons (Fsp3) is 0.192. The first-order valence-electron chi connectivity index (χ1n) is 10.5. The summed E-state index contributed by atoms with van der Waals surface area (Å²) in [5, 5.41) is 0. The van der Waals surface area contributed by atoms with Crippen LogP contribution in [0.1, 0.15) is 31.0 Å². The highest BCUT2D eigenvalue weighted by Gasteiger charge is 2.33. The molecule has 1 atom stereocenters. The lowest BCUT2D eigenvalue weighted by Gasteiger charge is -2.24.